The molecule has 0 radical (unpaired) electrons. The van der Waals surface area contributed by atoms with Crippen molar-refractivity contribution in [3.63, 3.8) is 0 Å². The molecule has 3 rings (SSSR count). The number of ether oxygens (including phenoxy) is 3. The highest BCUT2D eigenvalue weighted by Gasteiger charge is 2.27. The van der Waals surface area contributed by atoms with Gasteiger partial charge < -0.3 is 23.9 Å². The second kappa shape index (κ2) is 6.71. The first-order chi connectivity index (χ1) is 12.0. The van der Waals surface area contributed by atoms with Crippen molar-refractivity contribution in [3.05, 3.63) is 45.7 Å². The third kappa shape index (κ3) is 3.35. The van der Waals surface area contributed by atoms with Gasteiger partial charge in [0.2, 0.25) is 0 Å². The average Bonchev–Trinajstić information content (AvgIpc) is 3.11. The third-order valence-corrected chi connectivity index (χ3v) is 3.82. The predicted octanol–water partition coefficient (Wildman–Crippen LogP) is 1.94. The van der Waals surface area contributed by atoms with E-state index < -0.39 is 16.7 Å². The summed E-state index contributed by atoms with van der Waals surface area (Å²) < 4.78 is 21.1. The van der Waals surface area contributed by atoms with Gasteiger partial charge in [-0.3, -0.25) is 14.9 Å². The summed E-state index contributed by atoms with van der Waals surface area (Å²) in [5.74, 6) is 0.694. The van der Waals surface area contributed by atoms with Crippen LogP contribution in [0.5, 0.6) is 17.2 Å². The van der Waals surface area contributed by atoms with Crippen LogP contribution in [0, 0.1) is 10.1 Å². The number of carbonyl (C=O) groups is 1. The molecule has 9 nitrogen and oxygen atoms in total. The summed E-state index contributed by atoms with van der Waals surface area (Å²) in [7, 11) is 3.09. The first kappa shape index (κ1) is 16.6. The Kier molecular flexibility index (Phi) is 4.46. The molecule has 2 heterocycles. The normalized spacial score (nSPS) is 15.7. The van der Waals surface area contributed by atoms with E-state index in [9.17, 15) is 14.9 Å². The van der Waals surface area contributed by atoms with E-state index in [0.29, 0.717) is 23.7 Å². The number of hydrogen-bond acceptors (Lipinski definition) is 7. The lowest BCUT2D eigenvalue weighted by Gasteiger charge is -2.27. The lowest BCUT2D eigenvalue weighted by molar-refractivity contribution is -0.402. The van der Waals surface area contributed by atoms with Gasteiger partial charge in [0.1, 0.15) is 28.8 Å². The van der Waals surface area contributed by atoms with E-state index in [1.165, 1.54) is 6.07 Å². The fourth-order valence-electron chi connectivity index (χ4n) is 2.62. The van der Waals surface area contributed by atoms with Gasteiger partial charge in [-0.2, -0.15) is 0 Å². The molecule has 0 saturated carbocycles. The van der Waals surface area contributed by atoms with Gasteiger partial charge in [-0.05, 0) is 6.07 Å². The standard InChI is InChI=1S/C16H16N2O7/c1-22-10-6-13(23-2)11-5-9(8-24-14(11)7-10)17-16(19)12-3-4-15(25-12)18(20)21/h3-4,6-7,9H,5,8H2,1-2H3,(H,17,19). The van der Waals surface area contributed by atoms with Gasteiger partial charge in [0.25, 0.3) is 5.91 Å². The zero-order chi connectivity index (χ0) is 18.0. The Morgan fingerprint density at radius 1 is 1.32 bits per heavy atom. The maximum absolute atomic E-state index is 12.2. The van der Waals surface area contributed by atoms with E-state index in [-0.39, 0.29) is 18.4 Å². The Balaban J connectivity index is 1.74. The minimum Gasteiger partial charge on any atom is -0.496 e. The SMILES string of the molecule is COc1cc(OC)c2c(c1)OCC(NC(=O)c1ccc([N+](=O)[O-])o1)C2. The molecule has 1 unspecified atom stereocenters. The predicted molar refractivity (Wildman–Crippen MR) is 85.4 cm³/mol. The molecule has 1 aliphatic rings. The van der Waals surface area contributed by atoms with Gasteiger partial charge >= 0.3 is 5.88 Å². The lowest BCUT2D eigenvalue weighted by Crippen LogP contribution is -2.42. The molecule has 1 amide bonds. The number of methoxy groups -OCH3 is 2. The summed E-state index contributed by atoms with van der Waals surface area (Å²) in [5.41, 5.74) is 0.810. The maximum Gasteiger partial charge on any atom is 0.433 e. The van der Waals surface area contributed by atoms with Gasteiger partial charge in [0.15, 0.2) is 5.76 Å². The molecule has 1 N–H and O–H groups in total. The number of nitrogens with zero attached hydrogens (tertiary/aromatic N) is 1. The van der Waals surface area contributed by atoms with Crippen LogP contribution in [0.2, 0.25) is 0 Å². The summed E-state index contributed by atoms with van der Waals surface area (Å²) in [4.78, 5) is 22.1. The smallest absolute Gasteiger partial charge is 0.433 e. The lowest BCUT2D eigenvalue weighted by atomic mass is 10.0. The number of carbonyl (C=O) groups excluding carboxylic acids is 1. The Morgan fingerprint density at radius 3 is 2.76 bits per heavy atom. The Labute approximate surface area is 142 Å². The largest absolute Gasteiger partial charge is 0.496 e. The monoisotopic (exact) mass is 348 g/mol. The van der Waals surface area contributed by atoms with Crippen LogP contribution in [0.3, 0.4) is 0 Å². The Morgan fingerprint density at radius 2 is 2.12 bits per heavy atom. The van der Waals surface area contributed by atoms with E-state index in [1.807, 2.05) is 0 Å². The van der Waals surface area contributed by atoms with E-state index in [2.05, 4.69) is 5.32 Å². The fraction of sp³-hybridized carbons (Fsp3) is 0.312. The number of hydrogen-bond donors (Lipinski definition) is 1. The van der Waals surface area contributed by atoms with Crippen LogP contribution in [0.15, 0.2) is 28.7 Å². The van der Waals surface area contributed by atoms with Crippen LogP contribution >= 0.6 is 0 Å². The van der Waals surface area contributed by atoms with Gasteiger partial charge in [-0.1, -0.05) is 0 Å². The molecule has 0 fully saturated rings. The van der Waals surface area contributed by atoms with Crippen molar-refractivity contribution in [3.8, 4) is 17.2 Å². The number of rotatable bonds is 5. The average molecular weight is 348 g/mol. The molecule has 2 aromatic rings. The number of nitro groups is 1. The molecule has 1 aromatic heterocycles. The van der Waals surface area contributed by atoms with Gasteiger partial charge in [-0.25, -0.2) is 0 Å². The Hall–Kier alpha value is -3.23. The van der Waals surface area contributed by atoms with Crippen LogP contribution in [0.1, 0.15) is 16.1 Å². The van der Waals surface area contributed by atoms with Crippen molar-refractivity contribution in [1.82, 2.24) is 5.32 Å². The zero-order valence-electron chi connectivity index (χ0n) is 13.6. The molecule has 0 spiro atoms. The van der Waals surface area contributed by atoms with Crippen LogP contribution in [0.4, 0.5) is 5.88 Å². The number of amides is 1. The quantitative estimate of drug-likeness (QED) is 0.649. The van der Waals surface area contributed by atoms with Crippen molar-refractivity contribution < 1.29 is 28.3 Å². The summed E-state index contributed by atoms with van der Waals surface area (Å²) in [5, 5.41) is 13.4. The second-order valence-corrected chi connectivity index (χ2v) is 5.39. The third-order valence-electron chi connectivity index (χ3n) is 3.82. The van der Waals surface area contributed by atoms with Crippen LogP contribution in [-0.4, -0.2) is 37.7 Å². The first-order valence-corrected chi connectivity index (χ1v) is 7.44. The van der Waals surface area contributed by atoms with Crippen LogP contribution in [0.25, 0.3) is 0 Å². The molecule has 0 bridgehead atoms. The van der Waals surface area contributed by atoms with Crippen molar-refractivity contribution in [2.75, 3.05) is 20.8 Å². The van der Waals surface area contributed by atoms with Gasteiger partial charge in [0.05, 0.1) is 26.3 Å². The molecule has 1 aromatic carbocycles. The van der Waals surface area contributed by atoms with E-state index in [4.69, 9.17) is 18.6 Å². The molecular formula is C16H16N2O7. The topological polar surface area (TPSA) is 113 Å². The number of benzene rings is 1. The van der Waals surface area contributed by atoms with Gasteiger partial charge in [-0.15, -0.1) is 0 Å². The highest BCUT2D eigenvalue weighted by atomic mass is 16.6. The Bertz CT molecular complexity index is 798. The highest BCUT2D eigenvalue weighted by molar-refractivity contribution is 5.92. The first-order valence-electron chi connectivity index (χ1n) is 7.44. The molecule has 0 aliphatic carbocycles. The van der Waals surface area contributed by atoms with Crippen molar-refractivity contribution >= 4 is 11.8 Å². The molecule has 0 saturated heterocycles. The fourth-order valence-corrected chi connectivity index (χ4v) is 2.62. The van der Waals surface area contributed by atoms with Crippen molar-refractivity contribution in [1.29, 1.82) is 0 Å². The maximum atomic E-state index is 12.2. The van der Waals surface area contributed by atoms with Gasteiger partial charge in [0, 0.05) is 24.1 Å². The summed E-state index contributed by atoms with van der Waals surface area (Å²) in [6.07, 6.45) is 0.483. The van der Waals surface area contributed by atoms with E-state index in [1.54, 1.807) is 26.4 Å². The van der Waals surface area contributed by atoms with Crippen LogP contribution < -0.4 is 19.5 Å². The molecule has 1 atom stereocenters. The molecule has 1 aliphatic heterocycles. The van der Waals surface area contributed by atoms with E-state index in [0.717, 1.165) is 11.6 Å². The minimum atomic E-state index is -0.699. The van der Waals surface area contributed by atoms with Crippen molar-refractivity contribution in [2.45, 2.75) is 12.5 Å². The molecule has 9 heteroatoms. The van der Waals surface area contributed by atoms with Crippen LogP contribution in [-0.2, 0) is 6.42 Å². The zero-order valence-corrected chi connectivity index (χ0v) is 13.6. The molecular weight excluding hydrogens is 332 g/mol. The summed E-state index contributed by atoms with van der Waals surface area (Å²) >= 11 is 0. The molecule has 25 heavy (non-hydrogen) atoms. The minimum absolute atomic E-state index is 0.126. The van der Waals surface area contributed by atoms with E-state index >= 15 is 0 Å². The van der Waals surface area contributed by atoms with Crippen molar-refractivity contribution in [2.24, 2.45) is 0 Å². The number of nitrogens with one attached hydrogen (secondary N) is 1. The summed E-state index contributed by atoms with van der Waals surface area (Å²) in [6.45, 7) is 0.248. The summed E-state index contributed by atoms with van der Waals surface area (Å²) in [6, 6.07) is 5.56. The number of furan rings is 1. The molecule has 132 valence electrons. The highest BCUT2D eigenvalue weighted by Crippen LogP contribution is 2.37. The second-order valence-electron chi connectivity index (χ2n) is 5.39. The number of fused-ring (bicyclic) bond motifs is 1.